The predicted octanol–water partition coefficient (Wildman–Crippen LogP) is 4.28. The average Bonchev–Trinajstić information content (AvgIpc) is 2.89. The van der Waals surface area contributed by atoms with Crippen LogP contribution in [0.5, 0.6) is 5.75 Å². The van der Waals surface area contributed by atoms with Gasteiger partial charge in [0.05, 0.1) is 30.9 Å². The van der Waals surface area contributed by atoms with Gasteiger partial charge in [0.25, 0.3) is 11.2 Å². The van der Waals surface area contributed by atoms with Crippen molar-refractivity contribution in [3.63, 3.8) is 0 Å². The standard InChI is InChI=1S/C27H33N5O5/c1-18(2)30(19(3)4)26-17-23(20-7-6-8-22(15-20)36-5)28-31(27(26)33)25-16-21(9-10-24(25)32(34)35)29-11-13-37-14-12-29/h6-10,15-19H,11-14H2,1-5H3. The summed E-state index contributed by atoms with van der Waals surface area (Å²) in [6.45, 7) is 10.5. The lowest BCUT2D eigenvalue weighted by Crippen LogP contribution is -2.42. The summed E-state index contributed by atoms with van der Waals surface area (Å²) in [5.41, 5.74) is 1.94. The fourth-order valence-corrected chi connectivity index (χ4v) is 4.76. The second-order valence-electron chi connectivity index (χ2n) is 9.49. The molecular formula is C27H33N5O5. The molecule has 1 aromatic heterocycles. The highest BCUT2D eigenvalue weighted by Crippen LogP contribution is 2.31. The number of morpholine rings is 1. The number of anilines is 2. The van der Waals surface area contributed by atoms with E-state index < -0.39 is 10.5 Å². The smallest absolute Gasteiger partial charge is 0.295 e. The first kappa shape index (κ1) is 26.2. The number of hydrogen-bond donors (Lipinski definition) is 0. The molecule has 4 rings (SSSR count). The highest BCUT2D eigenvalue weighted by atomic mass is 16.6. The maximum Gasteiger partial charge on any atom is 0.295 e. The molecule has 1 aliphatic heterocycles. The fraction of sp³-hybridized carbons (Fsp3) is 0.407. The molecule has 10 heteroatoms. The summed E-state index contributed by atoms with van der Waals surface area (Å²) < 4.78 is 12.0. The highest BCUT2D eigenvalue weighted by Gasteiger charge is 2.26. The second-order valence-corrected chi connectivity index (χ2v) is 9.49. The van der Waals surface area contributed by atoms with Gasteiger partial charge in [-0.1, -0.05) is 12.1 Å². The third-order valence-corrected chi connectivity index (χ3v) is 6.41. The van der Waals surface area contributed by atoms with Crippen LogP contribution >= 0.6 is 0 Å². The van der Waals surface area contributed by atoms with Crippen molar-refractivity contribution in [1.29, 1.82) is 0 Å². The number of rotatable bonds is 8. The molecule has 3 aromatic rings. The minimum Gasteiger partial charge on any atom is -0.497 e. The van der Waals surface area contributed by atoms with E-state index in [1.165, 1.54) is 10.7 Å². The van der Waals surface area contributed by atoms with Crippen LogP contribution in [0.3, 0.4) is 0 Å². The van der Waals surface area contributed by atoms with E-state index in [1.807, 2.05) is 56.9 Å². The topological polar surface area (TPSA) is 103 Å². The van der Waals surface area contributed by atoms with Gasteiger partial charge in [0.2, 0.25) is 0 Å². The van der Waals surface area contributed by atoms with E-state index in [9.17, 15) is 14.9 Å². The summed E-state index contributed by atoms with van der Waals surface area (Å²) in [4.78, 5) is 29.6. The van der Waals surface area contributed by atoms with Gasteiger partial charge < -0.3 is 19.3 Å². The van der Waals surface area contributed by atoms with E-state index in [0.29, 0.717) is 43.4 Å². The number of ether oxygens (including phenoxy) is 2. The Morgan fingerprint density at radius 1 is 1.05 bits per heavy atom. The van der Waals surface area contributed by atoms with Crippen molar-refractivity contribution in [3.05, 3.63) is 69.0 Å². The number of aromatic nitrogens is 2. The molecule has 0 saturated carbocycles. The van der Waals surface area contributed by atoms with Gasteiger partial charge >= 0.3 is 0 Å². The number of nitrogens with zero attached hydrogens (tertiary/aromatic N) is 5. The van der Waals surface area contributed by atoms with Crippen LogP contribution in [0, 0.1) is 10.1 Å². The van der Waals surface area contributed by atoms with Crippen molar-refractivity contribution >= 4 is 17.1 Å². The summed E-state index contributed by atoms with van der Waals surface area (Å²) in [5.74, 6) is 0.642. The molecule has 0 atom stereocenters. The zero-order valence-corrected chi connectivity index (χ0v) is 21.9. The summed E-state index contributed by atoms with van der Waals surface area (Å²) in [5, 5.41) is 16.7. The summed E-state index contributed by atoms with van der Waals surface area (Å²) in [7, 11) is 1.58. The Hall–Kier alpha value is -3.92. The molecule has 1 saturated heterocycles. The number of nitro groups is 1. The van der Waals surface area contributed by atoms with E-state index in [1.54, 1.807) is 25.3 Å². The molecule has 1 fully saturated rings. The first-order valence-electron chi connectivity index (χ1n) is 12.4. The van der Waals surface area contributed by atoms with Crippen LogP contribution in [-0.4, -0.2) is 60.2 Å². The van der Waals surface area contributed by atoms with Gasteiger partial charge in [-0.15, -0.1) is 0 Å². The molecule has 0 radical (unpaired) electrons. The van der Waals surface area contributed by atoms with Crippen LogP contribution in [0.2, 0.25) is 0 Å². The Morgan fingerprint density at radius 2 is 1.76 bits per heavy atom. The number of benzene rings is 2. The molecule has 37 heavy (non-hydrogen) atoms. The fourth-order valence-electron chi connectivity index (χ4n) is 4.76. The molecule has 0 N–H and O–H groups in total. The zero-order valence-electron chi connectivity index (χ0n) is 21.9. The summed E-state index contributed by atoms with van der Waals surface area (Å²) in [6.07, 6.45) is 0. The van der Waals surface area contributed by atoms with Crippen LogP contribution in [0.4, 0.5) is 17.1 Å². The molecule has 0 bridgehead atoms. The largest absolute Gasteiger partial charge is 0.497 e. The summed E-state index contributed by atoms with van der Waals surface area (Å²) >= 11 is 0. The maximum atomic E-state index is 14.0. The minimum atomic E-state index is -0.479. The van der Waals surface area contributed by atoms with Crippen LogP contribution in [-0.2, 0) is 4.74 Å². The minimum absolute atomic E-state index is 0.0105. The molecule has 0 amide bonds. The predicted molar refractivity (Wildman–Crippen MR) is 144 cm³/mol. The molecule has 0 unspecified atom stereocenters. The van der Waals surface area contributed by atoms with E-state index in [4.69, 9.17) is 9.47 Å². The highest BCUT2D eigenvalue weighted by molar-refractivity contribution is 5.68. The molecular weight excluding hydrogens is 474 g/mol. The van der Waals surface area contributed by atoms with Crippen molar-refractivity contribution in [3.8, 4) is 22.7 Å². The lowest BCUT2D eigenvalue weighted by Gasteiger charge is -2.33. The first-order valence-corrected chi connectivity index (χ1v) is 12.4. The van der Waals surface area contributed by atoms with Gasteiger partial charge in [0.15, 0.2) is 0 Å². The van der Waals surface area contributed by atoms with Gasteiger partial charge in [-0.25, -0.2) is 0 Å². The van der Waals surface area contributed by atoms with Gasteiger partial charge in [-0.2, -0.15) is 9.78 Å². The molecule has 1 aliphatic rings. The molecule has 2 aromatic carbocycles. The van der Waals surface area contributed by atoms with Gasteiger partial charge in [0.1, 0.15) is 17.1 Å². The lowest BCUT2D eigenvalue weighted by atomic mass is 10.1. The van der Waals surface area contributed by atoms with Crippen molar-refractivity contribution in [2.75, 3.05) is 43.2 Å². The molecule has 10 nitrogen and oxygen atoms in total. The average molecular weight is 508 g/mol. The normalized spacial score (nSPS) is 13.8. The van der Waals surface area contributed by atoms with Crippen LogP contribution in [0.1, 0.15) is 27.7 Å². The van der Waals surface area contributed by atoms with Gasteiger partial charge in [-0.05, 0) is 58.0 Å². The first-order chi connectivity index (χ1) is 17.7. The van der Waals surface area contributed by atoms with Crippen molar-refractivity contribution < 1.29 is 14.4 Å². The third-order valence-electron chi connectivity index (χ3n) is 6.41. The van der Waals surface area contributed by atoms with E-state index >= 15 is 0 Å². The van der Waals surface area contributed by atoms with Gasteiger partial charge in [0, 0.05) is 42.5 Å². The monoisotopic (exact) mass is 507 g/mol. The SMILES string of the molecule is COc1cccc(-c2cc(N(C(C)C)C(C)C)c(=O)n(-c3cc(N4CCOCC4)ccc3[N+](=O)[O-])n2)c1. The maximum absolute atomic E-state index is 14.0. The van der Waals surface area contributed by atoms with Crippen LogP contribution in [0.15, 0.2) is 53.3 Å². The Morgan fingerprint density at radius 3 is 2.38 bits per heavy atom. The molecule has 0 spiro atoms. The lowest BCUT2D eigenvalue weighted by molar-refractivity contribution is -0.384. The van der Waals surface area contributed by atoms with E-state index in [2.05, 4.69) is 10.00 Å². The Balaban J connectivity index is 2.00. The Labute approximate surface area is 216 Å². The van der Waals surface area contributed by atoms with E-state index in [-0.39, 0.29) is 23.5 Å². The van der Waals surface area contributed by atoms with Crippen molar-refractivity contribution in [2.24, 2.45) is 0 Å². The second kappa shape index (κ2) is 11.0. The van der Waals surface area contributed by atoms with Crippen molar-refractivity contribution in [2.45, 2.75) is 39.8 Å². The van der Waals surface area contributed by atoms with Crippen LogP contribution < -0.4 is 20.1 Å². The molecule has 196 valence electrons. The molecule has 2 heterocycles. The van der Waals surface area contributed by atoms with E-state index in [0.717, 1.165) is 11.3 Å². The Bertz CT molecular complexity index is 1320. The van der Waals surface area contributed by atoms with Gasteiger partial charge in [-0.3, -0.25) is 14.9 Å². The number of methoxy groups -OCH3 is 1. The third kappa shape index (κ3) is 5.43. The zero-order chi connectivity index (χ0) is 26.7. The van der Waals surface area contributed by atoms with Crippen LogP contribution in [0.25, 0.3) is 16.9 Å². The molecule has 0 aliphatic carbocycles. The quantitative estimate of drug-likeness (QED) is 0.329. The Kier molecular flexibility index (Phi) is 7.77. The van der Waals surface area contributed by atoms with Crippen molar-refractivity contribution in [1.82, 2.24) is 9.78 Å². The summed E-state index contributed by atoms with van der Waals surface area (Å²) in [6, 6.07) is 14.0. The number of hydrogen-bond acceptors (Lipinski definition) is 8. The number of nitro benzene ring substituents is 1.